The van der Waals surface area contributed by atoms with Crippen LogP contribution < -0.4 is 14.8 Å². The third kappa shape index (κ3) is 3.95. The van der Waals surface area contributed by atoms with Crippen LogP contribution in [-0.2, 0) is 20.9 Å². The number of hydrogen-bond acceptors (Lipinski definition) is 6. The Bertz CT molecular complexity index is 936. The zero-order valence-electron chi connectivity index (χ0n) is 13.8. The second-order valence-electron chi connectivity index (χ2n) is 5.91. The minimum Gasteiger partial charge on any atom is -0.461 e. The number of nitrogens with one attached hydrogen (secondary N) is 1. The van der Waals surface area contributed by atoms with E-state index in [0.717, 1.165) is 4.90 Å². The van der Waals surface area contributed by atoms with Crippen molar-refractivity contribution in [2.75, 3.05) is 12.1 Å². The van der Waals surface area contributed by atoms with Gasteiger partial charge in [0.15, 0.2) is 11.5 Å². The van der Waals surface area contributed by atoms with Crippen molar-refractivity contribution in [3.63, 3.8) is 0 Å². The molecule has 4 rings (SSSR count). The van der Waals surface area contributed by atoms with Gasteiger partial charge in [-0.25, -0.2) is 0 Å². The highest BCUT2D eigenvalue weighted by Gasteiger charge is 2.30. The van der Waals surface area contributed by atoms with E-state index in [1.54, 1.807) is 24.3 Å². The van der Waals surface area contributed by atoms with Crippen LogP contribution in [0.4, 0.5) is 5.69 Å². The third-order valence-electron chi connectivity index (χ3n) is 4.00. The fourth-order valence-corrected chi connectivity index (χ4v) is 4.27. The first-order valence-corrected chi connectivity index (χ1v) is 9.64. The lowest BCUT2D eigenvalue weighted by Gasteiger charge is -2.23. The van der Waals surface area contributed by atoms with Crippen LogP contribution in [0, 0.1) is 0 Å². The molecule has 1 atom stereocenters. The molecule has 1 N–H and O–H groups in total. The maximum atomic E-state index is 12.2. The Morgan fingerprint density at radius 2 is 2.11 bits per heavy atom. The first-order chi connectivity index (χ1) is 13.0. The number of fused-ring (bicyclic) bond motifs is 2. The van der Waals surface area contributed by atoms with E-state index in [2.05, 4.69) is 5.32 Å². The molecule has 2 aromatic rings. The lowest BCUT2D eigenvalue weighted by atomic mass is 10.2. The molecule has 0 aromatic heterocycles. The van der Waals surface area contributed by atoms with Crippen molar-refractivity contribution >= 4 is 52.5 Å². The van der Waals surface area contributed by atoms with Crippen LogP contribution in [0.25, 0.3) is 0 Å². The van der Waals surface area contributed by atoms with Gasteiger partial charge in [-0.3, -0.25) is 9.59 Å². The number of carbonyl (C=O) groups excluding carboxylic acids is 2. The van der Waals surface area contributed by atoms with Gasteiger partial charge in [-0.15, -0.1) is 11.8 Å². The standard InChI is InChI=1S/C18H13Cl2NO5S/c19-10-1-2-14-12(5-10)21-18(23)15(27-14)6-16(22)24-7-9-3-11(20)17-13(4-9)25-8-26-17/h1-5,15H,6-8H2,(H,21,23). The molecule has 0 saturated heterocycles. The second-order valence-corrected chi connectivity index (χ2v) is 8.00. The van der Waals surface area contributed by atoms with E-state index in [9.17, 15) is 9.59 Å². The fraction of sp³-hybridized carbons (Fsp3) is 0.222. The van der Waals surface area contributed by atoms with Gasteiger partial charge in [0.2, 0.25) is 12.7 Å². The molecule has 2 aromatic carbocycles. The van der Waals surface area contributed by atoms with E-state index in [1.165, 1.54) is 11.8 Å². The second kappa shape index (κ2) is 7.50. The van der Waals surface area contributed by atoms with Crippen molar-refractivity contribution in [3.8, 4) is 11.5 Å². The number of rotatable bonds is 4. The molecular formula is C18H13Cl2NO5S. The normalized spacial score (nSPS) is 17.3. The van der Waals surface area contributed by atoms with E-state index >= 15 is 0 Å². The van der Waals surface area contributed by atoms with Crippen LogP contribution in [0.2, 0.25) is 10.0 Å². The van der Waals surface area contributed by atoms with Crippen molar-refractivity contribution in [2.24, 2.45) is 0 Å². The van der Waals surface area contributed by atoms with Crippen LogP contribution >= 0.6 is 35.0 Å². The summed E-state index contributed by atoms with van der Waals surface area (Å²) in [5.41, 5.74) is 1.33. The molecule has 1 unspecified atom stereocenters. The monoisotopic (exact) mass is 425 g/mol. The summed E-state index contributed by atoms with van der Waals surface area (Å²) in [6.45, 7) is 0.138. The van der Waals surface area contributed by atoms with Crippen LogP contribution in [0.15, 0.2) is 35.2 Å². The number of halogens is 2. The quantitative estimate of drug-likeness (QED) is 0.737. The zero-order chi connectivity index (χ0) is 19.0. The number of hydrogen-bond donors (Lipinski definition) is 1. The maximum Gasteiger partial charge on any atom is 0.307 e. The SMILES string of the molecule is O=C(CC1Sc2ccc(Cl)cc2NC1=O)OCc1cc(Cl)c2c(c1)OCO2. The Balaban J connectivity index is 1.36. The van der Waals surface area contributed by atoms with Crippen molar-refractivity contribution in [1.82, 2.24) is 0 Å². The van der Waals surface area contributed by atoms with E-state index in [-0.39, 0.29) is 25.7 Å². The molecule has 0 radical (unpaired) electrons. The molecule has 0 saturated carbocycles. The molecule has 1 amide bonds. The summed E-state index contributed by atoms with van der Waals surface area (Å²) in [6, 6.07) is 8.60. The average Bonchev–Trinajstić information content (AvgIpc) is 3.10. The first kappa shape index (κ1) is 18.3. The number of anilines is 1. The summed E-state index contributed by atoms with van der Waals surface area (Å²) in [5.74, 6) is 0.276. The smallest absolute Gasteiger partial charge is 0.307 e. The van der Waals surface area contributed by atoms with Crippen molar-refractivity contribution in [1.29, 1.82) is 0 Å². The molecule has 6 nitrogen and oxygen atoms in total. The largest absolute Gasteiger partial charge is 0.461 e. The highest BCUT2D eigenvalue weighted by molar-refractivity contribution is 8.01. The van der Waals surface area contributed by atoms with Gasteiger partial charge in [0, 0.05) is 9.92 Å². The lowest BCUT2D eigenvalue weighted by Crippen LogP contribution is -2.31. The highest BCUT2D eigenvalue weighted by Crippen LogP contribution is 2.40. The van der Waals surface area contributed by atoms with E-state index in [1.807, 2.05) is 6.07 Å². The Kier molecular flexibility index (Phi) is 5.08. The van der Waals surface area contributed by atoms with Gasteiger partial charge in [-0.2, -0.15) is 0 Å². The summed E-state index contributed by atoms with van der Waals surface area (Å²) in [6.07, 6.45) is -0.0448. The minimum absolute atomic E-state index is 0.0282. The summed E-state index contributed by atoms with van der Waals surface area (Å²) in [5, 5.41) is 3.14. The molecular weight excluding hydrogens is 413 g/mol. The molecule has 2 heterocycles. The van der Waals surface area contributed by atoms with E-state index in [0.29, 0.717) is 32.8 Å². The molecule has 9 heteroatoms. The average molecular weight is 426 g/mol. The summed E-state index contributed by atoms with van der Waals surface area (Å²) in [4.78, 5) is 25.3. The minimum atomic E-state index is -0.563. The van der Waals surface area contributed by atoms with E-state index < -0.39 is 11.2 Å². The number of esters is 1. The summed E-state index contributed by atoms with van der Waals surface area (Å²) >= 11 is 13.4. The molecule has 2 aliphatic rings. The summed E-state index contributed by atoms with van der Waals surface area (Å²) < 4.78 is 15.8. The highest BCUT2D eigenvalue weighted by atomic mass is 35.5. The Labute approximate surface area is 169 Å². The molecule has 0 aliphatic carbocycles. The molecule has 140 valence electrons. The molecule has 0 bridgehead atoms. The first-order valence-electron chi connectivity index (χ1n) is 8.00. The van der Waals surface area contributed by atoms with Crippen LogP contribution in [0.3, 0.4) is 0 Å². The van der Waals surface area contributed by atoms with Gasteiger partial charge in [-0.1, -0.05) is 23.2 Å². The predicted octanol–water partition coefficient (Wildman–Crippen LogP) is 4.27. The number of amides is 1. The molecule has 0 fully saturated rings. The third-order valence-corrected chi connectivity index (χ3v) is 5.79. The van der Waals surface area contributed by atoms with E-state index in [4.69, 9.17) is 37.4 Å². The topological polar surface area (TPSA) is 73.9 Å². The van der Waals surface area contributed by atoms with Crippen LogP contribution in [0.1, 0.15) is 12.0 Å². The van der Waals surface area contributed by atoms with Crippen molar-refractivity contribution in [3.05, 3.63) is 45.9 Å². The van der Waals surface area contributed by atoms with Gasteiger partial charge in [-0.05, 0) is 35.9 Å². The summed E-state index contributed by atoms with van der Waals surface area (Å²) in [7, 11) is 0. The number of thioether (sulfide) groups is 1. The molecule has 0 spiro atoms. The Morgan fingerprint density at radius 3 is 2.96 bits per heavy atom. The number of carbonyl (C=O) groups is 2. The fourth-order valence-electron chi connectivity index (χ4n) is 2.74. The lowest BCUT2D eigenvalue weighted by molar-refractivity contribution is -0.145. The zero-order valence-corrected chi connectivity index (χ0v) is 16.1. The Morgan fingerprint density at radius 1 is 1.26 bits per heavy atom. The number of benzene rings is 2. The molecule has 2 aliphatic heterocycles. The van der Waals surface area contributed by atoms with Crippen molar-refractivity contribution in [2.45, 2.75) is 23.2 Å². The Hall–Kier alpha value is -2.09. The van der Waals surface area contributed by atoms with Gasteiger partial charge < -0.3 is 19.5 Å². The van der Waals surface area contributed by atoms with Gasteiger partial charge in [0.1, 0.15) is 6.61 Å². The predicted molar refractivity (Wildman–Crippen MR) is 102 cm³/mol. The van der Waals surface area contributed by atoms with Gasteiger partial charge in [0.05, 0.1) is 22.4 Å². The van der Waals surface area contributed by atoms with Crippen molar-refractivity contribution < 1.29 is 23.8 Å². The van der Waals surface area contributed by atoms with Gasteiger partial charge >= 0.3 is 5.97 Å². The maximum absolute atomic E-state index is 12.2. The van der Waals surface area contributed by atoms with Crippen LogP contribution in [-0.4, -0.2) is 23.9 Å². The molecule has 27 heavy (non-hydrogen) atoms. The van der Waals surface area contributed by atoms with Crippen LogP contribution in [0.5, 0.6) is 11.5 Å². The number of ether oxygens (including phenoxy) is 3. The van der Waals surface area contributed by atoms with Gasteiger partial charge in [0.25, 0.3) is 0 Å².